The number of benzene rings is 1. The van der Waals surface area contributed by atoms with Crippen LogP contribution in [0, 0.1) is 17.2 Å². The summed E-state index contributed by atoms with van der Waals surface area (Å²) in [5.74, 6) is -1.48. The van der Waals surface area contributed by atoms with Crippen molar-refractivity contribution in [1.29, 1.82) is 5.26 Å². The van der Waals surface area contributed by atoms with Gasteiger partial charge in [-0.3, -0.25) is 4.79 Å². The predicted octanol–water partition coefficient (Wildman–Crippen LogP) is 3.81. The van der Waals surface area contributed by atoms with Gasteiger partial charge < -0.3 is 10.6 Å². The third kappa shape index (κ3) is 6.32. The molecule has 1 unspecified atom stereocenters. The SMILES string of the molecule is CC(C)C(C)(C#N)NC(=O)CNc1ccccc1SCC(F)(F)F. The minimum atomic E-state index is -4.26. The molecule has 1 atom stereocenters. The topological polar surface area (TPSA) is 64.9 Å². The number of thioether (sulfide) groups is 1. The Bertz CT molecular complexity index is 613. The molecule has 0 saturated carbocycles. The fraction of sp³-hybridized carbons (Fsp3) is 0.500. The summed E-state index contributed by atoms with van der Waals surface area (Å²) in [7, 11) is 0. The van der Waals surface area contributed by atoms with Gasteiger partial charge in [-0.25, -0.2) is 0 Å². The van der Waals surface area contributed by atoms with E-state index in [4.69, 9.17) is 0 Å². The number of halogens is 3. The first-order valence-corrected chi connectivity index (χ1v) is 8.30. The Balaban J connectivity index is 2.68. The lowest BCUT2D eigenvalue weighted by Gasteiger charge is -2.27. The lowest BCUT2D eigenvalue weighted by molar-refractivity contribution is -0.121. The third-order valence-electron chi connectivity index (χ3n) is 3.50. The molecule has 0 radical (unpaired) electrons. The van der Waals surface area contributed by atoms with Crippen molar-refractivity contribution < 1.29 is 18.0 Å². The van der Waals surface area contributed by atoms with E-state index >= 15 is 0 Å². The van der Waals surface area contributed by atoms with Crippen LogP contribution in [0.25, 0.3) is 0 Å². The van der Waals surface area contributed by atoms with E-state index in [-0.39, 0.29) is 12.5 Å². The Morgan fingerprint density at radius 3 is 2.50 bits per heavy atom. The number of carbonyl (C=O) groups is 1. The highest BCUT2D eigenvalue weighted by Gasteiger charge is 2.30. The summed E-state index contributed by atoms with van der Waals surface area (Å²) >= 11 is 0.657. The molecule has 0 spiro atoms. The molecule has 1 aromatic carbocycles. The minimum Gasteiger partial charge on any atom is -0.375 e. The van der Waals surface area contributed by atoms with Gasteiger partial charge in [-0.15, -0.1) is 11.8 Å². The van der Waals surface area contributed by atoms with Crippen LogP contribution in [0.5, 0.6) is 0 Å². The van der Waals surface area contributed by atoms with Crippen molar-refractivity contribution in [2.75, 3.05) is 17.6 Å². The molecule has 0 aliphatic rings. The van der Waals surface area contributed by atoms with Gasteiger partial charge in [-0.05, 0) is 25.0 Å². The zero-order valence-corrected chi connectivity index (χ0v) is 14.5. The average Bonchev–Trinajstić information content (AvgIpc) is 2.50. The summed E-state index contributed by atoms with van der Waals surface area (Å²) in [4.78, 5) is 12.4. The van der Waals surface area contributed by atoms with Crippen molar-refractivity contribution in [3.8, 4) is 6.07 Å². The Kier molecular flexibility index (Phi) is 6.96. The van der Waals surface area contributed by atoms with Crippen molar-refractivity contribution in [3.63, 3.8) is 0 Å². The number of amides is 1. The van der Waals surface area contributed by atoms with Crippen LogP contribution in [0.3, 0.4) is 0 Å². The van der Waals surface area contributed by atoms with E-state index in [1.54, 1.807) is 31.2 Å². The molecule has 1 aromatic rings. The maximum atomic E-state index is 12.4. The van der Waals surface area contributed by atoms with Crippen LogP contribution in [-0.2, 0) is 4.79 Å². The van der Waals surface area contributed by atoms with Crippen LogP contribution < -0.4 is 10.6 Å². The molecule has 0 heterocycles. The molecule has 8 heteroatoms. The molecule has 1 amide bonds. The lowest BCUT2D eigenvalue weighted by Crippen LogP contribution is -2.50. The highest BCUT2D eigenvalue weighted by atomic mass is 32.2. The normalized spacial score (nSPS) is 13.9. The van der Waals surface area contributed by atoms with Crippen molar-refractivity contribution in [1.82, 2.24) is 5.32 Å². The van der Waals surface area contributed by atoms with Crippen molar-refractivity contribution >= 4 is 23.4 Å². The molecule has 0 bridgehead atoms. The summed E-state index contributed by atoms with van der Waals surface area (Å²) in [5.41, 5.74) is -0.548. The fourth-order valence-corrected chi connectivity index (χ4v) is 2.50. The van der Waals surface area contributed by atoms with E-state index in [0.717, 1.165) is 0 Å². The first-order valence-electron chi connectivity index (χ1n) is 7.32. The zero-order chi connectivity index (χ0) is 18.4. The molecule has 1 rings (SSSR count). The first kappa shape index (κ1) is 20.2. The number of hydrogen-bond donors (Lipinski definition) is 2. The number of hydrogen-bond acceptors (Lipinski definition) is 4. The molecule has 0 saturated heterocycles. The van der Waals surface area contributed by atoms with Gasteiger partial charge in [0.15, 0.2) is 0 Å². The summed E-state index contributed by atoms with van der Waals surface area (Å²) < 4.78 is 37.1. The number of nitrogens with zero attached hydrogens (tertiary/aromatic N) is 1. The Hall–Kier alpha value is -1.88. The van der Waals surface area contributed by atoms with E-state index in [1.807, 2.05) is 13.8 Å². The number of carbonyl (C=O) groups excluding carboxylic acids is 1. The van der Waals surface area contributed by atoms with Crippen LogP contribution in [0.2, 0.25) is 0 Å². The second-order valence-electron chi connectivity index (χ2n) is 5.77. The maximum Gasteiger partial charge on any atom is 0.398 e. The maximum absolute atomic E-state index is 12.4. The van der Waals surface area contributed by atoms with E-state index in [9.17, 15) is 23.2 Å². The molecule has 0 aliphatic carbocycles. The Morgan fingerprint density at radius 2 is 1.96 bits per heavy atom. The van der Waals surface area contributed by atoms with Crippen molar-refractivity contribution in [2.24, 2.45) is 5.92 Å². The van der Waals surface area contributed by atoms with Crippen LogP contribution in [-0.4, -0.2) is 29.9 Å². The van der Waals surface area contributed by atoms with Gasteiger partial charge in [0.25, 0.3) is 0 Å². The zero-order valence-electron chi connectivity index (χ0n) is 13.7. The molecular formula is C16H20F3N3OS. The number of nitriles is 1. The summed E-state index contributed by atoms with van der Waals surface area (Å²) in [6.07, 6.45) is -4.26. The average molecular weight is 359 g/mol. The molecular weight excluding hydrogens is 339 g/mol. The van der Waals surface area contributed by atoms with Gasteiger partial charge in [0, 0.05) is 10.6 Å². The fourth-order valence-electron chi connectivity index (χ4n) is 1.71. The minimum absolute atomic E-state index is 0.0823. The number of rotatable bonds is 7. The molecule has 0 aliphatic heterocycles. The second-order valence-corrected chi connectivity index (χ2v) is 6.79. The van der Waals surface area contributed by atoms with Crippen LogP contribution >= 0.6 is 11.8 Å². The highest BCUT2D eigenvalue weighted by Crippen LogP contribution is 2.31. The number of nitrogens with one attached hydrogen (secondary N) is 2. The van der Waals surface area contributed by atoms with Crippen molar-refractivity contribution in [3.05, 3.63) is 24.3 Å². The van der Waals surface area contributed by atoms with Gasteiger partial charge in [-0.1, -0.05) is 26.0 Å². The molecule has 2 N–H and O–H groups in total. The predicted molar refractivity (Wildman–Crippen MR) is 88.7 cm³/mol. The molecule has 24 heavy (non-hydrogen) atoms. The van der Waals surface area contributed by atoms with E-state index in [0.29, 0.717) is 22.3 Å². The van der Waals surface area contributed by atoms with Gasteiger partial charge in [0.1, 0.15) is 5.54 Å². The van der Waals surface area contributed by atoms with Crippen LogP contribution in [0.15, 0.2) is 29.2 Å². The van der Waals surface area contributed by atoms with Crippen LogP contribution in [0.1, 0.15) is 20.8 Å². The van der Waals surface area contributed by atoms with Gasteiger partial charge in [-0.2, -0.15) is 18.4 Å². The standard InChI is InChI=1S/C16H20F3N3OS/c1-11(2)15(3,9-20)22-14(23)8-21-12-6-4-5-7-13(12)24-10-16(17,18)19/h4-7,11,21H,8,10H2,1-3H3,(H,22,23). The summed E-state index contributed by atoms with van der Waals surface area (Å²) in [6, 6.07) is 8.54. The summed E-state index contributed by atoms with van der Waals surface area (Å²) in [6.45, 7) is 5.14. The lowest BCUT2D eigenvalue weighted by atomic mass is 9.90. The Morgan fingerprint density at radius 1 is 1.33 bits per heavy atom. The van der Waals surface area contributed by atoms with Gasteiger partial charge in [0.2, 0.25) is 5.91 Å². The second kappa shape index (κ2) is 8.29. The van der Waals surface area contributed by atoms with Gasteiger partial charge in [0.05, 0.1) is 18.4 Å². The smallest absolute Gasteiger partial charge is 0.375 e. The van der Waals surface area contributed by atoms with E-state index in [1.165, 1.54) is 0 Å². The largest absolute Gasteiger partial charge is 0.398 e. The molecule has 0 aromatic heterocycles. The van der Waals surface area contributed by atoms with E-state index < -0.39 is 23.4 Å². The molecule has 132 valence electrons. The molecule has 4 nitrogen and oxygen atoms in total. The monoisotopic (exact) mass is 359 g/mol. The third-order valence-corrected chi connectivity index (χ3v) is 4.64. The number of anilines is 1. The quantitative estimate of drug-likeness (QED) is 0.727. The van der Waals surface area contributed by atoms with E-state index in [2.05, 4.69) is 16.7 Å². The Labute approximate surface area is 143 Å². The molecule has 0 fully saturated rings. The highest BCUT2D eigenvalue weighted by molar-refractivity contribution is 7.99. The number of para-hydroxylation sites is 1. The summed E-state index contributed by atoms with van der Waals surface area (Å²) in [5, 5.41) is 14.6. The van der Waals surface area contributed by atoms with Gasteiger partial charge >= 0.3 is 6.18 Å². The van der Waals surface area contributed by atoms with Crippen LogP contribution in [0.4, 0.5) is 18.9 Å². The first-order chi connectivity index (χ1) is 11.1. The number of alkyl halides is 3. The van der Waals surface area contributed by atoms with Crippen molar-refractivity contribution in [2.45, 2.75) is 37.4 Å².